The van der Waals surface area contributed by atoms with E-state index in [1.165, 1.54) is 18.4 Å². The Morgan fingerprint density at radius 2 is 2.38 bits per heavy atom. The van der Waals surface area contributed by atoms with Gasteiger partial charge in [-0.15, -0.1) is 0 Å². The van der Waals surface area contributed by atoms with Gasteiger partial charge in [0.25, 0.3) is 0 Å². The smallest absolute Gasteiger partial charge is 0.0772 e. The molecule has 2 nitrogen and oxygen atoms in total. The van der Waals surface area contributed by atoms with Crippen molar-refractivity contribution < 1.29 is 9.84 Å². The number of hydrogen-bond donors (Lipinski definition) is 1. The van der Waals surface area contributed by atoms with Crippen molar-refractivity contribution >= 4 is 0 Å². The maximum absolute atomic E-state index is 9.75. The highest BCUT2D eigenvalue weighted by Crippen LogP contribution is 2.21. The Morgan fingerprint density at radius 1 is 1.54 bits per heavy atom. The molecule has 0 bridgehead atoms. The molecule has 0 aliphatic heterocycles. The second-order valence-corrected chi connectivity index (χ2v) is 3.53. The van der Waals surface area contributed by atoms with Crippen molar-refractivity contribution in [3.05, 3.63) is 11.6 Å². The average molecular weight is 184 g/mol. The lowest BCUT2D eigenvalue weighted by atomic mass is 9.94. The van der Waals surface area contributed by atoms with Gasteiger partial charge in [0.05, 0.1) is 6.10 Å². The topological polar surface area (TPSA) is 29.5 Å². The van der Waals surface area contributed by atoms with E-state index in [0.717, 1.165) is 25.9 Å². The van der Waals surface area contributed by atoms with E-state index in [0.29, 0.717) is 6.61 Å². The fourth-order valence-corrected chi connectivity index (χ4v) is 1.69. The maximum Gasteiger partial charge on any atom is 0.0772 e. The Morgan fingerprint density at radius 3 is 3.00 bits per heavy atom. The van der Waals surface area contributed by atoms with Gasteiger partial charge in [0.1, 0.15) is 0 Å². The lowest BCUT2D eigenvalue weighted by molar-refractivity contribution is 0.101. The van der Waals surface area contributed by atoms with E-state index in [1.807, 2.05) is 6.92 Å². The number of rotatable bonds is 5. The predicted octanol–water partition coefficient (Wildman–Crippen LogP) is 2.27. The van der Waals surface area contributed by atoms with Gasteiger partial charge in [-0.05, 0) is 38.2 Å². The highest BCUT2D eigenvalue weighted by atomic mass is 16.5. The fourth-order valence-electron chi connectivity index (χ4n) is 1.69. The highest BCUT2D eigenvalue weighted by molar-refractivity contribution is 5.10. The number of ether oxygens (including phenoxy) is 1. The minimum absolute atomic E-state index is 0.258. The van der Waals surface area contributed by atoms with Crippen molar-refractivity contribution in [3.63, 3.8) is 0 Å². The molecule has 1 atom stereocenters. The molecule has 0 spiro atoms. The summed E-state index contributed by atoms with van der Waals surface area (Å²) in [5.41, 5.74) is 1.23. The third kappa shape index (κ3) is 3.92. The number of aliphatic hydroxyl groups excluding tert-OH is 1. The summed E-state index contributed by atoms with van der Waals surface area (Å²) in [5, 5.41) is 9.75. The minimum atomic E-state index is -0.258. The molecule has 2 heteroatoms. The lowest BCUT2D eigenvalue weighted by Crippen LogP contribution is -2.15. The van der Waals surface area contributed by atoms with Crippen LogP contribution in [0.25, 0.3) is 0 Å². The summed E-state index contributed by atoms with van der Waals surface area (Å²) in [4.78, 5) is 0. The molecule has 1 rings (SSSR count). The van der Waals surface area contributed by atoms with Crippen LogP contribution in [0.3, 0.4) is 0 Å². The molecule has 0 fully saturated rings. The van der Waals surface area contributed by atoms with E-state index in [4.69, 9.17) is 4.74 Å². The summed E-state index contributed by atoms with van der Waals surface area (Å²) in [6.07, 6.45) is 7.42. The van der Waals surface area contributed by atoms with Crippen LogP contribution in [0.5, 0.6) is 0 Å². The summed E-state index contributed by atoms with van der Waals surface area (Å²) < 4.78 is 5.21. The standard InChI is InChI=1S/C11H20O2/c1-2-13-9-8-11(12)10-6-4-3-5-7-10/h6,11-12H,2-5,7-9H2,1H3. The summed E-state index contributed by atoms with van der Waals surface area (Å²) >= 11 is 0. The first-order valence-corrected chi connectivity index (χ1v) is 5.29. The van der Waals surface area contributed by atoms with Crippen LogP contribution in [0.2, 0.25) is 0 Å². The summed E-state index contributed by atoms with van der Waals surface area (Å²) in [6.45, 7) is 3.40. The van der Waals surface area contributed by atoms with Crippen LogP contribution in [0.4, 0.5) is 0 Å². The van der Waals surface area contributed by atoms with Crippen molar-refractivity contribution in [3.8, 4) is 0 Å². The Bertz CT molecular complexity index is 163. The van der Waals surface area contributed by atoms with Gasteiger partial charge in [-0.3, -0.25) is 0 Å². The van der Waals surface area contributed by atoms with Crippen LogP contribution in [-0.4, -0.2) is 24.4 Å². The van der Waals surface area contributed by atoms with Crippen LogP contribution in [0.1, 0.15) is 39.0 Å². The molecular formula is C11H20O2. The second kappa shape index (κ2) is 6.17. The zero-order valence-corrected chi connectivity index (χ0v) is 8.46. The van der Waals surface area contributed by atoms with Crippen LogP contribution in [0.15, 0.2) is 11.6 Å². The number of allylic oxidation sites excluding steroid dienone is 1. The van der Waals surface area contributed by atoms with Crippen molar-refractivity contribution in [2.75, 3.05) is 13.2 Å². The van der Waals surface area contributed by atoms with E-state index < -0.39 is 0 Å². The molecule has 0 saturated heterocycles. The fraction of sp³-hybridized carbons (Fsp3) is 0.818. The van der Waals surface area contributed by atoms with Gasteiger partial charge >= 0.3 is 0 Å². The monoisotopic (exact) mass is 184 g/mol. The molecule has 1 unspecified atom stereocenters. The summed E-state index contributed by atoms with van der Waals surface area (Å²) in [6, 6.07) is 0. The summed E-state index contributed by atoms with van der Waals surface area (Å²) in [7, 11) is 0. The molecule has 0 aromatic carbocycles. The zero-order chi connectivity index (χ0) is 9.52. The van der Waals surface area contributed by atoms with Crippen molar-refractivity contribution in [1.82, 2.24) is 0 Å². The van der Waals surface area contributed by atoms with Crippen LogP contribution in [0, 0.1) is 0 Å². The number of aliphatic hydroxyl groups is 1. The predicted molar refractivity (Wildman–Crippen MR) is 53.7 cm³/mol. The quantitative estimate of drug-likeness (QED) is 0.524. The molecule has 76 valence electrons. The van der Waals surface area contributed by atoms with E-state index >= 15 is 0 Å². The van der Waals surface area contributed by atoms with E-state index in [2.05, 4.69) is 6.08 Å². The van der Waals surface area contributed by atoms with E-state index in [1.54, 1.807) is 0 Å². The molecule has 1 N–H and O–H groups in total. The van der Waals surface area contributed by atoms with Crippen LogP contribution in [-0.2, 0) is 4.74 Å². The van der Waals surface area contributed by atoms with Crippen molar-refractivity contribution in [2.24, 2.45) is 0 Å². The van der Waals surface area contributed by atoms with Crippen molar-refractivity contribution in [1.29, 1.82) is 0 Å². The lowest BCUT2D eigenvalue weighted by Gasteiger charge is -2.18. The van der Waals surface area contributed by atoms with Crippen LogP contribution < -0.4 is 0 Å². The Balaban J connectivity index is 2.21. The van der Waals surface area contributed by atoms with Gasteiger partial charge in [-0.25, -0.2) is 0 Å². The largest absolute Gasteiger partial charge is 0.389 e. The van der Waals surface area contributed by atoms with Gasteiger partial charge in [0.2, 0.25) is 0 Å². The zero-order valence-electron chi connectivity index (χ0n) is 8.46. The van der Waals surface area contributed by atoms with Crippen LogP contribution >= 0.6 is 0 Å². The van der Waals surface area contributed by atoms with E-state index in [9.17, 15) is 5.11 Å². The second-order valence-electron chi connectivity index (χ2n) is 3.53. The first-order valence-electron chi connectivity index (χ1n) is 5.29. The third-order valence-corrected chi connectivity index (χ3v) is 2.49. The Hall–Kier alpha value is -0.340. The Labute approximate surface area is 80.6 Å². The Kier molecular flexibility index (Phi) is 5.09. The molecule has 1 aliphatic carbocycles. The SMILES string of the molecule is CCOCCC(O)C1=CCCCC1. The molecule has 0 aromatic rings. The van der Waals surface area contributed by atoms with Crippen molar-refractivity contribution in [2.45, 2.75) is 45.1 Å². The molecule has 1 aliphatic rings. The molecule has 0 aromatic heterocycles. The minimum Gasteiger partial charge on any atom is -0.389 e. The molecule has 0 amide bonds. The molecule has 13 heavy (non-hydrogen) atoms. The molecule has 0 radical (unpaired) electrons. The normalized spacial score (nSPS) is 19.7. The molecule has 0 heterocycles. The summed E-state index contributed by atoms with van der Waals surface area (Å²) in [5.74, 6) is 0. The third-order valence-electron chi connectivity index (χ3n) is 2.49. The molecule has 0 saturated carbocycles. The molecular weight excluding hydrogens is 164 g/mol. The van der Waals surface area contributed by atoms with E-state index in [-0.39, 0.29) is 6.10 Å². The van der Waals surface area contributed by atoms with Gasteiger partial charge in [-0.2, -0.15) is 0 Å². The van der Waals surface area contributed by atoms with Gasteiger partial charge in [0, 0.05) is 19.6 Å². The van der Waals surface area contributed by atoms with Gasteiger partial charge in [-0.1, -0.05) is 6.08 Å². The number of hydrogen-bond acceptors (Lipinski definition) is 2. The van der Waals surface area contributed by atoms with Gasteiger partial charge < -0.3 is 9.84 Å². The first kappa shape index (κ1) is 10.7. The average Bonchev–Trinajstić information content (AvgIpc) is 2.19. The van der Waals surface area contributed by atoms with Gasteiger partial charge in [0.15, 0.2) is 0 Å². The maximum atomic E-state index is 9.75. The highest BCUT2D eigenvalue weighted by Gasteiger charge is 2.12. The first-order chi connectivity index (χ1) is 6.34.